The molecule has 1 N–H and O–H groups in total. The Bertz CT molecular complexity index is 336. The molecular formula is C12H14O2. The highest BCUT2D eigenvalue weighted by atomic mass is 16.4. The standard InChI is InChI=1S/C12H14O2/c1-8-2-4-9(5-3-8)11(12(13)14)10-6-7-10/h2-5,10-11H,6-7H2,1H3,(H,13,14). The molecule has 1 aromatic rings. The van der Waals surface area contributed by atoms with E-state index in [4.69, 9.17) is 5.11 Å². The van der Waals surface area contributed by atoms with Crippen molar-refractivity contribution in [3.05, 3.63) is 35.4 Å². The van der Waals surface area contributed by atoms with Crippen LogP contribution in [-0.4, -0.2) is 11.1 Å². The molecule has 0 radical (unpaired) electrons. The van der Waals surface area contributed by atoms with Gasteiger partial charge in [0, 0.05) is 0 Å². The van der Waals surface area contributed by atoms with E-state index in [1.807, 2.05) is 31.2 Å². The summed E-state index contributed by atoms with van der Waals surface area (Å²) in [4.78, 5) is 11.1. The lowest BCUT2D eigenvalue weighted by Crippen LogP contribution is -2.13. The fourth-order valence-electron chi connectivity index (χ4n) is 1.82. The van der Waals surface area contributed by atoms with Gasteiger partial charge in [-0.2, -0.15) is 0 Å². The van der Waals surface area contributed by atoms with Gasteiger partial charge in [0.15, 0.2) is 0 Å². The van der Waals surface area contributed by atoms with Crippen molar-refractivity contribution >= 4 is 5.97 Å². The second-order valence-corrected chi connectivity index (χ2v) is 4.06. The third-order valence-corrected chi connectivity index (χ3v) is 2.80. The zero-order valence-corrected chi connectivity index (χ0v) is 8.23. The minimum absolute atomic E-state index is 0.282. The zero-order valence-electron chi connectivity index (χ0n) is 8.23. The third-order valence-electron chi connectivity index (χ3n) is 2.80. The first-order chi connectivity index (χ1) is 6.68. The smallest absolute Gasteiger partial charge is 0.311 e. The number of rotatable bonds is 3. The van der Waals surface area contributed by atoms with Crippen LogP contribution in [0.2, 0.25) is 0 Å². The fourth-order valence-corrected chi connectivity index (χ4v) is 1.82. The summed E-state index contributed by atoms with van der Waals surface area (Å²) >= 11 is 0. The summed E-state index contributed by atoms with van der Waals surface area (Å²) in [6, 6.07) is 7.83. The molecule has 0 spiro atoms. The molecule has 0 aliphatic heterocycles. The van der Waals surface area contributed by atoms with Crippen molar-refractivity contribution in [2.75, 3.05) is 0 Å². The SMILES string of the molecule is Cc1ccc(C(C(=O)O)C2CC2)cc1. The maximum atomic E-state index is 11.1. The van der Waals surface area contributed by atoms with Gasteiger partial charge in [0.2, 0.25) is 0 Å². The van der Waals surface area contributed by atoms with Gasteiger partial charge in [-0.05, 0) is 31.2 Å². The van der Waals surface area contributed by atoms with Crippen molar-refractivity contribution in [2.24, 2.45) is 5.92 Å². The number of benzene rings is 1. The summed E-state index contributed by atoms with van der Waals surface area (Å²) in [5.74, 6) is -0.595. The van der Waals surface area contributed by atoms with Crippen LogP contribution >= 0.6 is 0 Å². The summed E-state index contributed by atoms with van der Waals surface area (Å²) in [7, 11) is 0. The molecule has 14 heavy (non-hydrogen) atoms. The molecule has 2 heteroatoms. The summed E-state index contributed by atoms with van der Waals surface area (Å²) in [6.45, 7) is 2.01. The van der Waals surface area contributed by atoms with E-state index in [2.05, 4.69) is 0 Å². The highest BCUT2D eigenvalue weighted by Crippen LogP contribution is 2.42. The topological polar surface area (TPSA) is 37.3 Å². The second-order valence-electron chi connectivity index (χ2n) is 4.06. The fraction of sp³-hybridized carbons (Fsp3) is 0.417. The van der Waals surface area contributed by atoms with Crippen LogP contribution in [-0.2, 0) is 4.79 Å². The average molecular weight is 190 g/mol. The maximum Gasteiger partial charge on any atom is 0.311 e. The van der Waals surface area contributed by atoms with Gasteiger partial charge in [-0.3, -0.25) is 4.79 Å². The molecule has 2 nitrogen and oxygen atoms in total. The van der Waals surface area contributed by atoms with Crippen LogP contribution in [0.4, 0.5) is 0 Å². The predicted molar refractivity (Wildman–Crippen MR) is 54.3 cm³/mol. The zero-order chi connectivity index (χ0) is 10.1. The molecular weight excluding hydrogens is 176 g/mol. The van der Waals surface area contributed by atoms with Gasteiger partial charge in [0.1, 0.15) is 0 Å². The Balaban J connectivity index is 2.26. The number of carboxylic acids is 1. The third kappa shape index (κ3) is 1.79. The molecule has 0 saturated heterocycles. The normalized spacial score (nSPS) is 17.8. The van der Waals surface area contributed by atoms with Gasteiger partial charge < -0.3 is 5.11 Å². The Labute approximate surface area is 83.6 Å². The van der Waals surface area contributed by atoms with Crippen LogP contribution in [0.5, 0.6) is 0 Å². The number of hydrogen-bond acceptors (Lipinski definition) is 1. The molecule has 0 aromatic heterocycles. The Hall–Kier alpha value is -1.31. The van der Waals surface area contributed by atoms with Crippen LogP contribution < -0.4 is 0 Å². The summed E-state index contributed by atoms with van der Waals surface area (Å²) in [5.41, 5.74) is 2.12. The molecule has 1 saturated carbocycles. The molecule has 1 aromatic carbocycles. The molecule has 0 amide bonds. The van der Waals surface area contributed by atoms with Crippen molar-refractivity contribution in [2.45, 2.75) is 25.7 Å². The summed E-state index contributed by atoms with van der Waals surface area (Å²) in [6.07, 6.45) is 2.12. The predicted octanol–water partition coefficient (Wildman–Crippen LogP) is 2.57. The van der Waals surface area contributed by atoms with Crippen LogP contribution in [0, 0.1) is 12.8 Å². The second kappa shape index (κ2) is 3.45. The van der Waals surface area contributed by atoms with Gasteiger partial charge in [0.05, 0.1) is 5.92 Å². The van der Waals surface area contributed by atoms with E-state index in [0.29, 0.717) is 5.92 Å². The Morgan fingerprint density at radius 2 is 1.93 bits per heavy atom. The van der Waals surface area contributed by atoms with Gasteiger partial charge in [-0.1, -0.05) is 29.8 Å². The minimum Gasteiger partial charge on any atom is -0.481 e. The van der Waals surface area contributed by atoms with Crippen molar-refractivity contribution in [3.63, 3.8) is 0 Å². The van der Waals surface area contributed by atoms with E-state index in [1.165, 1.54) is 5.56 Å². The largest absolute Gasteiger partial charge is 0.481 e. The summed E-state index contributed by atoms with van der Waals surface area (Å²) < 4.78 is 0. The van der Waals surface area contributed by atoms with Crippen molar-refractivity contribution < 1.29 is 9.90 Å². The molecule has 1 unspecified atom stereocenters. The van der Waals surface area contributed by atoms with E-state index in [1.54, 1.807) is 0 Å². The van der Waals surface area contributed by atoms with E-state index >= 15 is 0 Å². The summed E-state index contributed by atoms with van der Waals surface area (Å²) in [5, 5.41) is 9.11. The molecule has 1 atom stereocenters. The molecule has 0 bridgehead atoms. The molecule has 1 fully saturated rings. The van der Waals surface area contributed by atoms with Crippen molar-refractivity contribution in [3.8, 4) is 0 Å². The van der Waals surface area contributed by atoms with E-state index in [0.717, 1.165) is 18.4 Å². The highest BCUT2D eigenvalue weighted by molar-refractivity contribution is 5.77. The van der Waals surface area contributed by atoms with E-state index in [9.17, 15) is 4.79 Å². The van der Waals surface area contributed by atoms with Gasteiger partial charge >= 0.3 is 5.97 Å². The van der Waals surface area contributed by atoms with Crippen LogP contribution in [0.15, 0.2) is 24.3 Å². The first-order valence-corrected chi connectivity index (χ1v) is 4.98. The van der Waals surface area contributed by atoms with Crippen LogP contribution in [0.1, 0.15) is 29.9 Å². The first kappa shape index (κ1) is 9.25. The van der Waals surface area contributed by atoms with Gasteiger partial charge in [-0.15, -0.1) is 0 Å². The number of carboxylic acid groups (broad SMARTS) is 1. The Morgan fingerprint density at radius 1 is 1.36 bits per heavy atom. The van der Waals surface area contributed by atoms with Crippen molar-refractivity contribution in [1.29, 1.82) is 0 Å². The molecule has 2 rings (SSSR count). The monoisotopic (exact) mass is 190 g/mol. The lowest BCUT2D eigenvalue weighted by atomic mass is 9.94. The quantitative estimate of drug-likeness (QED) is 0.795. The lowest BCUT2D eigenvalue weighted by molar-refractivity contribution is -0.139. The van der Waals surface area contributed by atoms with E-state index < -0.39 is 5.97 Å². The molecule has 1 aliphatic carbocycles. The van der Waals surface area contributed by atoms with Gasteiger partial charge in [-0.25, -0.2) is 0 Å². The number of hydrogen-bond donors (Lipinski definition) is 1. The average Bonchev–Trinajstić information content (AvgIpc) is 2.92. The maximum absolute atomic E-state index is 11.1. The lowest BCUT2D eigenvalue weighted by Gasteiger charge is -2.11. The molecule has 74 valence electrons. The first-order valence-electron chi connectivity index (χ1n) is 4.98. The van der Waals surface area contributed by atoms with E-state index in [-0.39, 0.29) is 5.92 Å². The molecule has 1 aliphatic rings. The molecule has 0 heterocycles. The number of aliphatic carboxylic acids is 1. The Kier molecular flexibility index (Phi) is 2.28. The van der Waals surface area contributed by atoms with Crippen molar-refractivity contribution in [1.82, 2.24) is 0 Å². The van der Waals surface area contributed by atoms with Crippen LogP contribution in [0.25, 0.3) is 0 Å². The number of aryl methyl sites for hydroxylation is 1. The van der Waals surface area contributed by atoms with Crippen LogP contribution in [0.3, 0.4) is 0 Å². The highest BCUT2D eigenvalue weighted by Gasteiger charge is 2.37. The van der Waals surface area contributed by atoms with Gasteiger partial charge in [0.25, 0.3) is 0 Å². The number of carbonyl (C=O) groups is 1. The Morgan fingerprint density at radius 3 is 2.36 bits per heavy atom. The minimum atomic E-state index is -0.684.